The van der Waals surface area contributed by atoms with Crippen molar-refractivity contribution in [1.29, 1.82) is 0 Å². The van der Waals surface area contributed by atoms with Crippen molar-refractivity contribution >= 4 is 34.1 Å². The second-order valence-electron chi connectivity index (χ2n) is 12.9. The molecule has 1 saturated heterocycles. The molecule has 0 spiro atoms. The van der Waals surface area contributed by atoms with E-state index in [1.807, 2.05) is 0 Å². The Morgan fingerprint density at radius 1 is 0.872 bits per heavy atom. The zero-order valence-corrected chi connectivity index (χ0v) is 26.1. The van der Waals surface area contributed by atoms with Gasteiger partial charge in [0, 0.05) is 23.7 Å². The number of likely N-dealkylation sites (tertiary alicyclic amines) is 1. The Hall–Kier alpha value is -3.01. The molecule has 1 aromatic heterocycles. The number of carbonyl (C=O) groups is 2. The number of carbonyl (C=O) groups excluding carboxylic acids is 1. The van der Waals surface area contributed by atoms with E-state index in [0.29, 0.717) is 6.07 Å². The van der Waals surface area contributed by atoms with Gasteiger partial charge >= 0.3 is 24.0 Å². The molecular weight excluding hydrogens is 688 g/mol. The van der Waals surface area contributed by atoms with Crippen molar-refractivity contribution in [3.8, 4) is 0 Å². The van der Waals surface area contributed by atoms with Crippen molar-refractivity contribution in [3.63, 3.8) is 0 Å². The fourth-order valence-electron chi connectivity index (χ4n) is 8.22. The zero-order valence-electron chi connectivity index (χ0n) is 24.4. The second-order valence-corrected chi connectivity index (χ2v) is 15.1. The largest absolute Gasteiger partial charge is 0.481 e. The third-order valence-corrected chi connectivity index (χ3v) is 13.4. The van der Waals surface area contributed by atoms with Crippen molar-refractivity contribution in [1.82, 2.24) is 9.88 Å². The molecule has 1 N–H and O–H groups in total. The molecular formula is C30H29ClF8N2O5S. The van der Waals surface area contributed by atoms with Gasteiger partial charge in [0.15, 0.2) is 9.84 Å². The molecule has 17 heteroatoms. The second kappa shape index (κ2) is 11.0. The van der Waals surface area contributed by atoms with Crippen LogP contribution in [0.1, 0.15) is 68.2 Å². The average Bonchev–Trinajstić information content (AvgIpc) is 3.41. The third kappa shape index (κ3) is 4.78. The molecule has 4 aliphatic carbocycles. The molecule has 5 aliphatic rings. The van der Waals surface area contributed by atoms with Gasteiger partial charge in [0.1, 0.15) is 10.6 Å². The van der Waals surface area contributed by atoms with Crippen molar-refractivity contribution in [2.45, 2.75) is 91.5 Å². The minimum Gasteiger partial charge on any atom is -0.481 e. The van der Waals surface area contributed by atoms with Crippen molar-refractivity contribution in [2.24, 2.45) is 10.8 Å². The SMILES string of the molecule is Cl.O=C(O)C12CCC(C(=O)N3CCC4(S(=O)(=O)c5ccc(F)cc5)c5ncc(C(F)(C(F)(F)F)C(F)(F)F)cc5CCC34)(CC1)CC2. The van der Waals surface area contributed by atoms with Crippen molar-refractivity contribution in [2.75, 3.05) is 6.54 Å². The van der Waals surface area contributed by atoms with Gasteiger partial charge in [-0.05, 0) is 93.7 Å². The molecule has 1 aromatic carbocycles. The first-order valence-electron chi connectivity index (χ1n) is 14.6. The van der Waals surface area contributed by atoms with Gasteiger partial charge in [-0.3, -0.25) is 14.6 Å². The van der Waals surface area contributed by atoms with Crippen LogP contribution < -0.4 is 0 Å². The Labute approximate surface area is 270 Å². The molecule has 2 aromatic rings. The Kier molecular flexibility index (Phi) is 8.27. The third-order valence-electron chi connectivity index (χ3n) is 10.9. The van der Waals surface area contributed by atoms with E-state index in [-0.39, 0.29) is 88.5 Å². The predicted molar refractivity (Wildman–Crippen MR) is 150 cm³/mol. The first kappa shape index (κ1) is 35.3. The van der Waals surface area contributed by atoms with Gasteiger partial charge in [0.25, 0.3) is 0 Å². The highest BCUT2D eigenvalue weighted by atomic mass is 35.5. The van der Waals surface area contributed by atoms with Crippen LogP contribution in [0.3, 0.4) is 0 Å². The van der Waals surface area contributed by atoms with Crippen LogP contribution in [-0.2, 0) is 36.3 Å². The highest BCUT2D eigenvalue weighted by molar-refractivity contribution is 7.92. The molecule has 0 radical (unpaired) electrons. The summed E-state index contributed by atoms with van der Waals surface area (Å²) in [5, 5.41) is 9.76. The van der Waals surface area contributed by atoms with E-state index in [2.05, 4.69) is 4.98 Å². The Bertz CT molecular complexity index is 1680. The van der Waals surface area contributed by atoms with Crippen LogP contribution in [0.4, 0.5) is 35.1 Å². The van der Waals surface area contributed by atoms with E-state index in [9.17, 15) is 53.8 Å². The maximum Gasteiger partial charge on any atom is 0.436 e. The molecule has 4 fully saturated rings. The summed E-state index contributed by atoms with van der Waals surface area (Å²) in [5.74, 6) is -2.11. The summed E-state index contributed by atoms with van der Waals surface area (Å²) in [6.45, 7) is -0.156. The number of aryl methyl sites for hydroxylation is 1. The quantitative estimate of drug-likeness (QED) is 0.277. The lowest BCUT2D eigenvalue weighted by atomic mass is 9.53. The maximum atomic E-state index is 15.0. The summed E-state index contributed by atoms with van der Waals surface area (Å²) in [7, 11) is -4.67. The van der Waals surface area contributed by atoms with Gasteiger partial charge < -0.3 is 10.0 Å². The lowest BCUT2D eigenvalue weighted by molar-refractivity contribution is -0.348. The van der Waals surface area contributed by atoms with Crippen LogP contribution in [0.2, 0.25) is 0 Å². The van der Waals surface area contributed by atoms with Gasteiger partial charge in [-0.15, -0.1) is 12.4 Å². The molecule has 2 unspecified atom stereocenters. The number of aliphatic carboxylic acids is 1. The number of halogens is 9. The van der Waals surface area contributed by atoms with E-state index in [1.165, 1.54) is 4.90 Å². The topological polar surface area (TPSA) is 105 Å². The molecule has 2 heterocycles. The van der Waals surface area contributed by atoms with Crippen LogP contribution in [0.25, 0.3) is 0 Å². The molecule has 1 amide bonds. The summed E-state index contributed by atoms with van der Waals surface area (Å²) in [4.78, 5) is 31.0. The number of hydrogen-bond acceptors (Lipinski definition) is 5. The molecule has 2 atom stereocenters. The van der Waals surface area contributed by atoms with E-state index in [1.54, 1.807) is 0 Å². The van der Waals surface area contributed by atoms with Gasteiger partial charge in [-0.2, -0.15) is 26.3 Å². The molecule has 2 bridgehead atoms. The fraction of sp³-hybridized carbons (Fsp3) is 0.567. The normalized spacial score (nSPS) is 29.1. The molecule has 7 rings (SSSR count). The number of benzene rings is 1. The number of sulfone groups is 1. The minimum atomic E-state index is -6.41. The van der Waals surface area contributed by atoms with Gasteiger partial charge in [0.2, 0.25) is 5.91 Å². The first-order valence-corrected chi connectivity index (χ1v) is 16.1. The maximum absolute atomic E-state index is 15.0. The Balaban J connectivity index is 0.00000433. The van der Waals surface area contributed by atoms with Crippen LogP contribution in [0.15, 0.2) is 41.4 Å². The monoisotopic (exact) mass is 716 g/mol. The Morgan fingerprint density at radius 3 is 1.91 bits per heavy atom. The number of pyridine rings is 1. The van der Waals surface area contributed by atoms with E-state index in [0.717, 1.165) is 24.3 Å². The van der Waals surface area contributed by atoms with E-state index >= 15 is 4.39 Å². The van der Waals surface area contributed by atoms with Crippen LogP contribution in [0.5, 0.6) is 0 Å². The number of carboxylic acid groups (broad SMARTS) is 1. The number of alkyl halides is 7. The molecule has 7 nitrogen and oxygen atoms in total. The number of hydrogen-bond donors (Lipinski definition) is 1. The molecule has 47 heavy (non-hydrogen) atoms. The summed E-state index contributed by atoms with van der Waals surface area (Å²) in [5.41, 5.74) is -10.3. The minimum absolute atomic E-state index is 0. The fourth-order valence-corrected chi connectivity index (χ4v) is 10.5. The van der Waals surface area contributed by atoms with E-state index in [4.69, 9.17) is 0 Å². The van der Waals surface area contributed by atoms with Crippen molar-refractivity contribution < 1.29 is 58.2 Å². The number of nitrogens with zero attached hydrogens (tertiary/aromatic N) is 2. The number of fused-ring (bicyclic) bond motifs is 6. The number of carboxylic acids is 1. The Morgan fingerprint density at radius 2 is 1.40 bits per heavy atom. The standard InChI is InChI=1S/C30H28F8N2O5S.ClH/c31-19-2-4-20(5-3-19)46(44,45)27-13-14-40(23(41)25-7-10-26(11-8-25,12-9-25)24(42)43)21(27)6-1-17-15-18(16-39-22(17)27)28(32,29(33,34)35)30(36,37)38;/h2-5,15-16,21H,1,6-14H2,(H,42,43);1H. The molecule has 258 valence electrons. The highest BCUT2D eigenvalue weighted by Crippen LogP contribution is 2.60. The lowest BCUT2D eigenvalue weighted by Gasteiger charge is -2.52. The zero-order chi connectivity index (χ0) is 33.7. The van der Waals surface area contributed by atoms with Crippen LogP contribution in [-0.4, -0.2) is 60.2 Å². The molecule has 1 aliphatic heterocycles. The van der Waals surface area contributed by atoms with Gasteiger partial charge in [0.05, 0.1) is 22.0 Å². The van der Waals surface area contributed by atoms with Gasteiger partial charge in [-0.1, -0.05) is 0 Å². The average molecular weight is 717 g/mol. The lowest BCUT2D eigenvalue weighted by Crippen LogP contribution is -2.58. The summed E-state index contributed by atoms with van der Waals surface area (Å²) >= 11 is 0. The highest BCUT2D eigenvalue weighted by Gasteiger charge is 2.74. The predicted octanol–water partition coefficient (Wildman–Crippen LogP) is 6.57. The number of rotatable bonds is 5. The van der Waals surface area contributed by atoms with Gasteiger partial charge in [-0.25, -0.2) is 17.2 Å². The summed E-state index contributed by atoms with van der Waals surface area (Å²) in [6, 6.07) is 2.87. The van der Waals surface area contributed by atoms with E-state index < -0.39 is 83.3 Å². The summed E-state index contributed by atoms with van der Waals surface area (Å²) in [6.07, 6.45) is -12.1. The summed E-state index contributed by atoms with van der Waals surface area (Å²) < 4.78 is 137. The molecule has 3 saturated carbocycles. The first-order chi connectivity index (χ1) is 21.3. The smallest absolute Gasteiger partial charge is 0.436 e. The number of aromatic nitrogens is 1. The number of amides is 1. The van der Waals surface area contributed by atoms with Crippen LogP contribution in [0, 0.1) is 16.6 Å². The van der Waals surface area contributed by atoms with Crippen molar-refractivity contribution in [3.05, 3.63) is 59.2 Å². The van der Waals surface area contributed by atoms with Crippen LogP contribution >= 0.6 is 12.4 Å².